The van der Waals surface area contributed by atoms with Gasteiger partial charge >= 0.3 is 22.9 Å². The van der Waals surface area contributed by atoms with Crippen LogP contribution in [0.1, 0.15) is 130 Å². The minimum Gasteiger partial charge on any atom is -0.368 e. The molecule has 12 aliphatic rings. The first-order valence-electron chi connectivity index (χ1n) is 34.5. The third kappa shape index (κ3) is 12.4. The molecule has 0 saturated carbocycles. The highest BCUT2D eigenvalue weighted by Gasteiger charge is 2.67. The van der Waals surface area contributed by atoms with Crippen LogP contribution in [0.3, 0.4) is 0 Å². The van der Waals surface area contributed by atoms with Crippen molar-refractivity contribution in [1.29, 1.82) is 0 Å². The van der Waals surface area contributed by atoms with Gasteiger partial charge in [-0.3, -0.25) is 33.5 Å². The van der Waals surface area contributed by atoms with E-state index in [2.05, 4.69) is 82.5 Å². The van der Waals surface area contributed by atoms with Gasteiger partial charge in [-0.1, -0.05) is 96.0 Å². The predicted molar refractivity (Wildman–Crippen MR) is 366 cm³/mol. The molecule has 3 unspecified atom stereocenters. The summed E-state index contributed by atoms with van der Waals surface area (Å²) in [7, 11) is -0.0731. The normalized spacial score (nSPS) is 37.4. The minimum atomic E-state index is -1.28. The Kier molecular flexibility index (Phi) is 18.7. The van der Waals surface area contributed by atoms with Crippen molar-refractivity contribution >= 4 is 37.9 Å². The third-order valence-electron chi connectivity index (χ3n) is 21.2. The van der Waals surface area contributed by atoms with Gasteiger partial charge in [-0.15, -0.1) is 0 Å². The Balaban J connectivity index is 0.000000117. The van der Waals surface area contributed by atoms with E-state index in [0.717, 1.165) is 58.2 Å². The second-order valence-electron chi connectivity index (χ2n) is 28.7. The second-order valence-corrected chi connectivity index (χ2v) is 32.9. The maximum Gasteiger partial charge on any atom is 0.402 e. The summed E-state index contributed by atoms with van der Waals surface area (Å²) in [5.74, 6) is 0.398. The zero-order chi connectivity index (χ0) is 69.1. The number of H-pyrrole nitrogens is 3. The van der Waals surface area contributed by atoms with Crippen LogP contribution in [-0.4, -0.2) is 174 Å². The minimum absolute atomic E-state index is 0.00695. The van der Waals surface area contributed by atoms with Crippen LogP contribution < -0.4 is 32.6 Å². The van der Waals surface area contributed by atoms with Crippen molar-refractivity contribution in [2.24, 2.45) is 4.99 Å². The Morgan fingerprint density at radius 3 is 1.29 bits per heavy atom. The molecule has 28 nitrogen and oxygen atoms in total. The summed E-state index contributed by atoms with van der Waals surface area (Å²) in [4.78, 5) is 74.7. The van der Waals surface area contributed by atoms with Gasteiger partial charge in [0.25, 0.3) is 36.7 Å². The lowest BCUT2D eigenvalue weighted by atomic mass is 10.0. The van der Waals surface area contributed by atoms with E-state index >= 15 is 0 Å². The second kappa shape index (κ2) is 27.3. The molecule has 15 heterocycles. The number of ether oxygens (including phenoxy) is 6. The zero-order valence-electron chi connectivity index (χ0n) is 57.0. The van der Waals surface area contributed by atoms with Crippen LogP contribution in [-0.2, 0) is 55.6 Å². The fourth-order valence-electron chi connectivity index (χ4n) is 16.0. The summed E-state index contributed by atoms with van der Waals surface area (Å²) in [5.41, 5.74) is 0.905. The highest BCUT2D eigenvalue weighted by molar-refractivity contribution is 7.45. The van der Waals surface area contributed by atoms with Crippen molar-refractivity contribution in [2.75, 3.05) is 53.6 Å². The van der Waals surface area contributed by atoms with E-state index in [-0.39, 0.29) is 48.3 Å². The molecule has 3 aromatic heterocycles. The number of aromatic amines is 3. The molecule has 6 bridgehead atoms. The standard InChI is InChI=1S/C25H32N5O5P.2C22H26N3O6P/c1-16-13-29(24(27-22(16)31)26-15-28(3)4)23-20-21(25(2,33-23)14-32-20)35-36-30-12-8-11-18(30)19(34-36)17-9-6-5-7-10-17;2*1-13-11-24(21(27)23-19(13)26)20-17-18(22(2,29-20)12-28-17)31-32-25-10-6-9-15(25)16(30-32)14-7-4-3-5-8-14/h5-7,9-10,13,15,18-21,23H,8,11-12,14H2,1-4H3;2*3-5,7-8,11,15-18,20H,6,9-10,12H2,1-2H3,(H,23,26,27)/p+1/t18-,19+,20-,21?,23+,25-,36+;15-,16+,17+,18?,20-,22+,32+;15-,16+,17-,18?,20+,22-,32+/m010/s1. The molecule has 21 atom stereocenters. The molecule has 12 fully saturated rings. The van der Waals surface area contributed by atoms with Crippen LogP contribution in [0, 0.1) is 20.8 Å². The number of nitrogens with zero attached hydrogens (tertiary/aromatic N) is 8. The lowest BCUT2D eigenvalue weighted by molar-refractivity contribution is -0.762. The molecular formula is C69H85N11O17P3+. The average molecular weight is 1430 g/mol. The number of fused-ring (bicyclic) bond motifs is 9. The van der Waals surface area contributed by atoms with Crippen LogP contribution in [0.5, 0.6) is 0 Å². The van der Waals surface area contributed by atoms with Gasteiger partial charge in [-0.2, -0.15) is 0 Å². The highest BCUT2D eigenvalue weighted by atomic mass is 31.2. The summed E-state index contributed by atoms with van der Waals surface area (Å²) in [5, 5.41) is 0. The van der Waals surface area contributed by atoms with Gasteiger partial charge in [-0.25, -0.2) is 33.2 Å². The van der Waals surface area contributed by atoms with E-state index in [1.807, 2.05) is 86.8 Å². The predicted octanol–water partition coefficient (Wildman–Crippen LogP) is 7.49. The number of rotatable bonds is 14. The Hall–Kier alpha value is -5.94. The van der Waals surface area contributed by atoms with E-state index < -0.39 is 95.8 Å². The van der Waals surface area contributed by atoms with E-state index in [4.69, 9.17) is 55.6 Å². The Bertz CT molecular complexity index is 4170. The molecule has 12 saturated heterocycles. The summed E-state index contributed by atoms with van der Waals surface area (Å²) in [6, 6.07) is 31.9. The number of aliphatic imine (C=N–C) groups is 1. The zero-order valence-corrected chi connectivity index (χ0v) is 59.7. The van der Waals surface area contributed by atoms with Crippen LogP contribution in [0.4, 0.5) is 5.95 Å². The highest BCUT2D eigenvalue weighted by Crippen LogP contribution is 2.66. The van der Waals surface area contributed by atoms with E-state index in [0.29, 0.717) is 60.6 Å². The molecule has 532 valence electrons. The third-order valence-corrected chi connectivity index (χ3v) is 26.4. The first-order valence-corrected chi connectivity index (χ1v) is 37.9. The molecule has 6 aromatic rings. The SMILES string of the molecule is Cc1c[n+]([C@@H]2O[C@@]3(C)CO[C@H]2C3O[P@@]2O[C@H](c3ccccc3)[C@@H]3CCCN32)c(N=CN(C)C)[nH]c1=O.Cc1cn([C@@H]2O[C@@]3(C)CO[C@H]2C3O[P@@]2O[C@H](c3ccccc3)[C@@H]3CCCN32)c(=O)[nH]c1=O.Cc1cn([C@@H]2O[C@@]3(C)CO[C@H]2C3O[P@]2O[C@@H](c3ccccc3)[C@H]3CCCN32)c(=O)[nH]c1=O. The lowest BCUT2D eigenvalue weighted by Crippen LogP contribution is -2.50. The molecule has 100 heavy (non-hydrogen) atoms. The smallest absolute Gasteiger partial charge is 0.368 e. The molecule has 18 rings (SSSR count). The maximum atomic E-state index is 12.5. The lowest BCUT2D eigenvalue weighted by Gasteiger charge is -2.29. The largest absolute Gasteiger partial charge is 0.402 e. The number of nitrogens with one attached hydrogen (secondary N) is 3. The van der Waals surface area contributed by atoms with Gasteiger partial charge in [0.15, 0.2) is 18.8 Å². The van der Waals surface area contributed by atoms with Crippen molar-refractivity contribution in [3.8, 4) is 0 Å². The summed E-state index contributed by atoms with van der Waals surface area (Å²) in [6.07, 6.45) is 8.88. The van der Waals surface area contributed by atoms with Crippen molar-refractivity contribution in [1.82, 2.24) is 43.0 Å². The quantitative estimate of drug-likeness (QED) is 0.0412. The maximum absolute atomic E-state index is 12.5. The molecule has 12 aliphatic heterocycles. The van der Waals surface area contributed by atoms with E-state index in [1.165, 1.54) is 38.2 Å². The van der Waals surface area contributed by atoms with Gasteiger partial charge in [0, 0.05) is 75.4 Å². The van der Waals surface area contributed by atoms with Crippen molar-refractivity contribution in [2.45, 2.75) is 189 Å². The van der Waals surface area contributed by atoms with Crippen molar-refractivity contribution < 1.29 is 60.1 Å². The summed E-state index contributed by atoms with van der Waals surface area (Å²) < 4.78 is 88.7. The molecule has 3 aromatic carbocycles. The topological polar surface area (TPSA) is 283 Å². The number of hydrogen-bond donors (Lipinski definition) is 3. The van der Waals surface area contributed by atoms with Crippen LogP contribution >= 0.6 is 25.6 Å². The Morgan fingerprint density at radius 2 is 0.890 bits per heavy atom. The number of aromatic nitrogens is 6. The van der Waals surface area contributed by atoms with Crippen LogP contribution in [0.25, 0.3) is 0 Å². The molecule has 31 heteroatoms. The van der Waals surface area contributed by atoms with Gasteiger partial charge in [0.1, 0.15) is 71.7 Å². The molecule has 3 N–H and O–H groups in total. The van der Waals surface area contributed by atoms with E-state index in [1.54, 1.807) is 33.3 Å². The van der Waals surface area contributed by atoms with Gasteiger partial charge < -0.3 is 60.5 Å². The van der Waals surface area contributed by atoms with E-state index in [9.17, 15) is 24.0 Å². The number of benzene rings is 3. The van der Waals surface area contributed by atoms with Gasteiger partial charge in [0.05, 0.1) is 31.6 Å². The Morgan fingerprint density at radius 1 is 0.520 bits per heavy atom. The molecule has 0 aliphatic carbocycles. The fourth-order valence-corrected chi connectivity index (χ4v) is 22.2. The number of aryl methyl sites for hydroxylation is 3. The van der Waals surface area contributed by atoms with Crippen LogP contribution in [0.2, 0.25) is 0 Å². The summed E-state index contributed by atoms with van der Waals surface area (Å²) >= 11 is 0. The van der Waals surface area contributed by atoms with Crippen molar-refractivity contribution in [3.63, 3.8) is 0 Å². The molecule has 0 radical (unpaired) electrons. The Labute approximate surface area is 580 Å². The first-order chi connectivity index (χ1) is 48.2. The van der Waals surface area contributed by atoms with Gasteiger partial charge in [0.2, 0.25) is 6.23 Å². The molecule has 0 amide bonds. The van der Waals surface area contributed by atoms with Crippen molar-refractivity contribution in [3.05, 3.63) is 195 Å². The fraction of sp³-hybridized carbons (Fsp3) is 0.551. The van der Waals surface area contributed by atoms with Gasteiger partial charge in [-0.05, 0) is 96.8 Å². The monoisotopic (exact) mass is 1430 g/mol. The summed E-state index contributed by atoms with van der Waals surface area (Å²) in [6.45, 7) is 15.1. The van der Waals surface area contributed by atoms with Crippen LogP contribution in [0.15, 0.2) is 139 Å². The average Bonchev–Trinajstić information content (AvgIpc) is 1.58. The first kappa shape index (κ1) is 68.5. The molecular weight excluding hydrogens is 1350 g/mol. The molecule has 0 spiro atoms. The number of hydrogen-bond acceptors (Lipinski definition) is 21.